The minimum absolute atomic E-state index is 0.471. The van der Waals surface area contributed by atoms with Gasteiger partial charge < -0.3 is 9.47 Å². The topological polar surface area (TPSA) is 50.8 Å². The van der Waals surface area contributed by atoms with Gasteiger partial charge in [-0.1, -0.05) is 44.0 Å². The molecule has 5 nitrogen and oxygen atoms in total. The van der Waals surface area contributed by atoms with Gasteiger partial charge in [-0.3, -0.25) is 5.43 Å². The van der Waals surface area contributed by atoms with Crippen molar-refractivity contribution in [3.05, 3.63) is 59.7 Å². The number of rotatable bonds is 7. The highest BCUT2D eigenvalue weighted by Gasteiger charge is 2.18. The zero-order chi connectivity index (χ0) is 18.2. The molecule has 1 N–H and O–H groups in total. The fourth-order valence-corrected chi connectivity index (χ4v) is 3.00. The summed E-state index contributed by atoms with van der Waals surface area (Å²) in [6.07, 6.45) is 3.84. The van der Waals surface area contributed by atoms with Crippen molar-refractivity contribution in [1.82, 2.24) is 10.4 Å². The number of amides is 1. The van der Waals surface area contributed by atoms with Gasteiger partial charge in [0.15, 0.2) is 0 Å². The van der Waals surface area contributed by atoms with Crippen LogP contribution in [-0.4, -0.2) is 24.3 Å². The second kappa shape index (κ2) is 9.25. The molecule has 0 bridgehead atoms. The second-order valence-electron chi connectivity index (χ2n) is 6.47. The van der Waals surface area contributed by atoms with Gasteiger partial charge in [0.2, 0.25) is 0 Å². The molecule has 1 heterocycles. The Bertz CT molecular complexity index is 715. The average molecular weight is 354 g/mol. The SMILES string of the molecule is CCCCCOc1ccc(OC(=O)NN2CCc3ccccc3C2)cc1. The van der Waals surface area contributed by atoms with Crippen molar-refractivity contribution in [2.45, 2.75) is 39.2 Å². The van der Waals surface area contributed by atoms with Crippen LogP contribution in [0.2, 0.25) is 0 Å². The van der Waals surface area contributed by atoms with Crippen LogP contribution in [0.25, 0.3) is 0 Å². The first-order chi connectivity index (χ1) is 12.7. The van der Waals surface area contributed by atoms with E-state index in [9.17, 15) is 4.79 Å². The zero-order valence-corrected chi connectivity index (χ0v) is 15.2. The summed E-state index contributed by atoms with van der Waals surface area (Å²) in [6, 6.07) is 15.4. The standard InChI is InChI=1S/C21H26N2O3/c1-2-3-6-15-25-19-9-11-20(12-10-19)26-21(24)22-23-14-13-17-7-4-5-8-18(17)16-23/h4-5,7-12H,2-3,6,13-16H2,1H3,(H,22,24). The lowest BCUT2D eigenvalue weighted by molar-refractivity contribution is 0.135. The van der Waals surface area contributed by atoms with Crippen LogP contribution in [0.5, 0.6) is 11.5 Å². The van der Waals surface area contributed by atoms with Crippen molar-refractivity contribution in [3.8, 4) is 11.5 Å². The molecular formula is C21H26N2O3. The van der Waals surface area contributed by atoms with Gasteiger partial charge in [-0.2, -0.15) is 0 Å². The lowest BCUT2D eigenvalue weighted by Crippen LogP contribution is -2.46. The van der Waals surface area contributed by atoms with Gasteiger partial charge in [0.25, 0.3) is 0 Å². The minimum atomic E-state index is -0.471. The van der Waals surface area contributed by atoms with Crippen molar-refractivity contribution in [1.29, 1.82) is 0 Å². The maximum Gasteiger partial charge on any atom is 0.427 e. The molecule has 0 spiro atoms. The summed E-state index contributed by atoms with van der Waals surface area (Å²) >= 11 is 0. The number of nitrogens with zero attached hydrogens (tertiary/aromatic N) is 1. The third kappa shape index (κ3) is 5.23. The molecule has 0 fully saturated rings. The molecular weight excluding hydrogens is 328 g/mol. The first-order valence-electron chi connectivity index (χ1n) is 9.27. The van der Waals surface area contributed by atoms with Gasteiger partial charge >= 0.3 is 6.09 Å². The fourth-order valence-electron chi connectivity index (χ4n) is 3.00. The van der Waals surface area contributed by atoms with Crippen LogP contribution < -0.4 is 14.9 Å². The van der Waals surface area contributed by atoms with E-state index in [0.29, 0.717) is 18.9 Å². The number of carbonyl (C=O) groups excluding carboxylic acids is 1. The van der Waals surface area contributed by atoms with E-state index >= 15 is 0 Å². The Balaban J connectivity index is 1.45. The molecule has 0 saturated carbocycles. The fraction of sp³-hybridized carbons (Fsp3) is 0.381. The van der Waals surface area contributed by atoms with E-state index in [4.69, 9.17) is 9.47 Å². The average Bonchev–Trinajstić information content (AvgIpc) is 2.66. The van der Waals surface area contributed by atoms with Crippen molar-refractivity contribution in [3.63, 3.8) is 0 Å². The largest absolute Gasteiger partial charge is 0.494 e. The molecule has 0 atom stereocenters. The Kier molecular flexibility index (Phi) is 6.50. The lowest BCUT2D eigenvalue weighted by atomic mass is 10.0. The van der Waals surface area contributed by atoms with Crippen LogP contribution >= 0.6 is 0 Å². The summed E-state index contributed by atoms with van der Waals surface area (Å²) in [4.78, 5) is 12.1. The summed E-state index contributed by atoms with van der Waals surface area (Å²) in [6.45, 7) is 4.34. The Labute approximate surface area is 154 Å². The molecule has 2 aromatic rings. The van der Waals surface area contributed by atoms with Crippen LogP contribution in [0.3, 0.4) is 0 Å². The molecule has 3 rings (SSSR count). The van der Waals surface area contributed by atoms with Gasteiger partial charge in [-0.05, 0) is 48.2 Å². The summed E-state index contributed by atoms with van der Waals surface area (Å²) < 4.78 is 11.0. The number of hydrogen-bond acceptors (Lipinski definition) is 4. The number of nitrogens with one attached hydrogen (secondary N) is 1. The van der Waals surface area contributed by atoms with E-state index in [0.717, 1.165) is 25.1 Å². The Morgan fingerprint density at radius 3 is 2.54 bits per heavy atom. The van der Waals surface area contributed by atoms with Crippen molar-refractivity contribution in [2.24, 2.45) is 0 Å². The van der Waals surface area contributed by atoms with Gasteiger partial charge in [-0.25, -0.2) is 9.80 Å². The first-order valence-corrected chi connectivity index (χ1v) is 9.27. The predicted molar refractivity (Wildman–Crippen MR) is 101 cm³/mol. The van der Waals surface area contributed by atoms with Gasteiger partial charge in [0.05, 0.1) is 6.61 Å². The number of carbonyl (C=O) groups is 1. The molecule has 1 amide bonds. The van der Waals surface area contributed by atoms with E-state index < -0.39 is 6.09 Å². The summed E-state index contributed by atoms with van der Waals surface area (Å²) in [5.41, 5.74) is 5.39. The van der Waals surface area contributed by atoms with E-state index in [1.54, 1.807) is 12.1 Å². The third-order valence-corrected chi connectivity index (χ3v) is 4.43. The van der Waals surface area contributed by atoms with Crippen LogP contribution in [0, 0.1) is 0 Å². The number of benzene rings is 2. The molecule has 0 radical (unpaired) electrons. The van der Waals surface area contributed by atoms with Crippen molar-refractivity contribution in [2.75, 3.05) is 13.2 Å². The molecule has 0 saturated heterocycles. The maximum atomic E-state index is 12.1. The summed E-state index contributed by atoms with van der Waals surface area (Å²) in [5, 5.41) is 1.88. The third-order valence-electron chi connectivity index (χ3n) is 4.43. The maximum absolute atomic E-state index is 12.1. The molecule has 26 heavy (non-hydrogen) atoms. The Hall–Kier alpha value is -2.53. The monoisotopic (exact) mass is 354 g/mol. The number of ether oxygens (including phenoxy) is 2. The van der Waals surface area contributed by atoms with Crippen molar-refractivity contribution < 1.29 is 14.3 Å². The molecule has 0 unspecified atom stereocenters. The molecule has 0 aromatic heterocycles. The van der Waals surface area contributed by atoms with E-state index in [1.165, 1.54) is 24.0 Å². The molecule has 2 aromatic carbocycles. The van der Waals surface area contributed by atoms with Gasteiger partial charge in [0.1, 0.15) is 11.5 Å². The number of hydrogen-bond donors (Lipinski definition) is 1. The summed E-state index contributed by atoms with van der Waals surface area (Å²) in [5.74, 6) is 1.29. The van der Waals surface area contributed by atoms with Crippen LogP contribution in [0.1, 0.15) is 37.3 Å². The second-order valence-corrected chi connectivity index (χ2v) is 6.47. The molecule has 5 heteroatoms. The number of fused-ring (bicyclic) bond motifs is 1. The highest BCUT2D eigenvalue weighted by atomic mass is 16.6. The van der Waals surface area contributed by atoms with Crippen molar-refractivity contribution >= 4 is 6.09 Å². The van der Waals surface area contributed by atoms with E-state index in [2.05, 4.69) is 24.5 Å². The molecule has 138 valence electrons. The molecule has 1 aliphatic rings. The molecule has 1 aliphatic heterocycles. The Morgan fingerprint density at radius 2 is 1.77 bits per heavy atom. The quantitative estimate of drug-likeness (QED) is 0.753. The van der Waals surface area contributed by atoms with E-state index in [-0.39, 0.29) is 0 Å². The predicted octanol–water partition coefficient (Wildman–Crippen LogP) is 4.32. The highest BCUT2D eigenvalue weighted by molar-refractivity contribution is 5.69. The summed E-state index contributed by atoms with van der Waals surface area (Å²) in [7, 11) is 0. The van der Waals surface area contributed by atoms with Crippen LogP contribution in [0.15, 0.2) is 48.5 Å². The normalized spacial score (nSPS) is 13.7. The van der Waals surface area contributed by atoms with Crippen LogP contribution in [0.4, 0.5) is 4.79 Å². The highest BCUT2D eigenvalue weighted by Crippen LogP contribution is 2.19. The number of hydrazine groups is 1. The van der Waals surface area contributed by atoms with Gasteiger partial charge in [0, 0.05) is 13.1 Å². The first kappa shape index (κ1) is 18.3. The van der Waals surface area contributed by atoms with Gasteiger partial charge in [-0.15, -0.1) is 0 Å². The lowest BCUT2D eigenvalue weighted by Gasteiger charge is -2.28. The van der Waals surface area contributed by atoms with E-state index in [1.807, 2.05) is 29.3 Å². The number of unbranched alkanes of at least 4 members (excludes halogenated alkanes) is 2. The smallest absolute Gasteiger partial charge is 0.427 e. The van der Waals surface area contributed by atoms with Crippen LogP contribution in [-0.2, 0) is 13.0 Å². The Morgan fingerprint density at radius 1 is 1.04 bits per heavy atom. The molecule has 0 aliphatic carbocycles. The minimum Gasteiger partial charge on any atom is -0.494 e. The zero-order valence-electron chi connectivity index (χ0n) is 15.2.